The number of aromatic nitrogens is 2. The molecule has 32 heavy (non-hydrogen) atoms. The number of ether oxygens (including phenoxy) is 1. The van der Waals surface area contributed by atoms with Gasteiger partial charge in [-0.2, -0.15) is 0 Å². The minimum absolute atomic E-state index is 0.000540. The molecule has 0 spiro atoms. The van der Waals surface area contributed by atoms with E-state index in [-0.39, 0.29) is 10.5 Å². The number of nitrogens with zero attached hydrogens (tertiary/aromatic N) is 3. The maximum absolute atomic E-state index is 13.3. The van der Waals surface area contributed by atoms with Crippen LogP contribution in [0.5, 0.6) is 5.75 Å². The maximum Gasteiger partial charge on any atom is 0.264 e. The fraction of sp³-hybridized carbons (Fsp3) is 0.318. The van der Waals surface area contributed by atoms with Gasteiger partial charge in [-0.3, -0.25) is 14.4 Å². The number of aryl methyl sites for hydroxylation is 1. The van der Waals surface area contributed by atoms with E-state index >= 15 is 0 Å². The molecule has 0 saturated carbocycles. The van der Waals surface area contributed by atoms with Gasteiger partial charge in [0.25, 0.3) is 15.9 Å². The Labute approximate surface area is 192 Å². The van der Waals surface area contributed by atoms with E-state index in [1.807, 2.05) is 0 Å². The summed E-state index contributed by atoms with van der Waals surface area (Å²) in [5.41, 5.74) is 1.29. The molecular formula is C22H26N4O4S2. The lowest BCUT2D eigenvalue weighted by molar-refractivity contribution is 0.102. The quantitative estimate of drug-likeness (QED) is 0.527. The number of sulfonamides is 1. The van der Waals surface area contributed by atoms with Crippen molar-refractivity contribution in [3.8, 4) is 5.75 Å². The zero-order valence-electron chi connectivity index (χ0n) is 18.6. The van der Waals surface area contributed by atoms with Crippen LogP contribution in [0.4, 0.5) is 10.8 Å². The largest absolute Gasteiger partial charge is 0.495 e. The summed E-state index contributed by atoms with van der Waals surface area (Å²) in [5, 5.41) is 12.1. The highest BCUT2D eigenvalue weighted by Gasteiger charge is 2.25. The van der Waals surface area contributed by atoms with Gasteiger partial charge in [0.1, 0.15) is 10.8 Å². The summed E-state index contributed by atoms with van der Waals surface area (Å²) in [4.78, 5) is 12.9. The molecule has 0 fully saturated rings. The van der Waals surface area contributed by atoms with Crippen LogP contribution in [0, 0.1) is 12.8 Å². The van der Waals surface area contributed by atoms with Crippen molar-refractivity contribution in [1.82, 2.24) is 10.2 Å². The first-order chi connectivity index (χ1) is 15.1. The van der Waals surface area contributed by atoms with E-state index in [1.54, 1.807) is 37.3 Å². The number of carbonyl (C=O) groups is 1. The summed E-state index contributed by atoms with van der Waals surface area (Å²) < 4.78 is 33.0. The third-order valence-corrected chi connectivity index (χ3v) is 7.44. The van der Waals surface area contributed by atoms with Crippen molar-refractivity contribution in [2.24, 2.45) is 5.92 Å². The molecule has 0 atom stereocenters. The number of methoxy groups -OCH3 is 1. The van der Waals surface area contributed by atoms with Gasteiger partial charge in [-0.1, -0.05) is 43.4 Å². The fourth-order valence-electron chi connectivity index (χ4n) is 3.08. The lowest BCUT2D eigenvalue weighted by Gasteiger charge is -2.22. The number of para-hydroxylation sites is 2. The van der Waals surface area contributed by atoms with Crippen molar-refractivity contribution >= 4 is 38.1 Å². The fourth-order valence-corrected chi connectivity index (χ4v) is 5.26. The normalized spacial score (nSPS) is 11.4. The molecular weight excluding hydrogens is 448 g/mol. The van der Waals surface area contributed by atoms with Gasteiger partial charge in [0.15, 0.2) is 0 Å². The second-order valence-electron chi connectivity index (χ2n) is 7.67. The molecule has 0 saturated heterocycles. The van der Waals surface area contributed by atoms with Crippen LogP contribution in [0.15, 0.2) is 47.4 Å². The molecule has 2 aromatic carbocycles. The Hall–Kier alpha value is -2.98. The number of carbonyl (C=O) groups excluding carboxylic acids is 1. The Morgan fingerprint density at radius 1 is 1.19 bits per heavy atom. The first-order valence-electron chi connectivity index (χ1n) is 9.99. The summed E-state index contributed by atoms with van der Waals surface area (Å²) >= 11 is 1.31. The molecule has 0 aliphatic carbocycles. The van der Waals surface area contributed by atoms with Crippen molar-refractivity contribution in [2.45, 2.75) is 32.1 Å². The van der Waals surface area contributed by atoms with Crippen LogP contribution in [-0.4, -0.2) is 38.7 Å². The smallest absolute Gasteiger partial charge is 0.264 e. The zero-order valence-corrected chi connectivity index (χ0v) is 20.3. The van der Waals surface area contributed by atoms with Crippen LogP contribution in [0.2, 0.25) is 0 Å². The van der Waals surface area contributed by atoms with Crippen LogP contribution in [0.1, 0.15) is 34.8 Å². The average molecular weight is 475 g/mol. The van der Waals surface area contributed by atoms with Crippen LogP contribution in [0.3, 0.4) is 0 Å². The summed E-state index contributed by atoms with van der Waals surface area (Å²) in [7, 11) is -1.00. The number of rotatable bonds is 8. The van der Waals surface area contributed by atoms with Crippen molar-refractivity contribution in [3.63, 3.8) is 0 Å². The summed E-state index contributed by atoms with van der Waals surface area (Å²) in [5.74, 6) is 0.416. The molecule has 10 heteroatoms. The SMILES string of the molecule is COc1ccccc1N(C)S(=O)(=O)c1ccc(C)c(C(=O)Nc2nnc(CC(C)C)s2)c1. The highest BCUT2D eigenvalue weighted by Crippen LogP contribution is 2.31. The van der Waals surface area contributed by atoms with Crippen LogP contribution in [0.25, 0.3) is 0 Å². The van der Waals surface area contributed by atoms with E-state index < -0.39 is 15.9 Å². The molecule has 1 N–H and O–H groups in total. The van der Waals surface area contributed by atoms with E-state index in [9.17, 15) is 13.2 Å². The Kier molecular flexibility index (Phi) is 7.15. The summed E-state index contributed by atoms with van der Waals surface area (Å²) in [6.45, 7) is 5.91. The van der Waals surface area contributed by atoms with Crippen LogP contribution >= 0.6 is 11.3 Å². The number of anilines is 2. The molecule has 1 aromatic heterocycles. The Morgan fingerprint density at radius 3 is 2.59 bits per heavy atom. The third-order valence-electron chi connectivity index (χ3n) is 4.81. The van der Waals surface area contributed by atoms with Gasteiger partial charge in [-0.25, -0.2) is 8.42 Å². The van der Waals surface area contributed by atoms with Gasteiger partial charge in [-0.15, -0.1) is 10.2 Å². The van der Waals surface area contributed by atoms with Crippen molar-refractivity contribution in [2.75, 3.05) is 23.8 Å². The molecule has 0 unspecified atom stereocenters. The first kappa shape index (κ1) is 23.7. The Balaban J connectivity index is 1.89. The molecule has 0 aliphatic rings. The predicted molar refractivity (Wildman–Crippen MR) is 126 cm³/mol. The number of nitrogens with one attached hydrogen (secondary N) is 1. The van der Waals surface area contributed by atoms with Gasteiger partial charge in [-0.05, 0) is 42.7 Å². The van der Waals surface area contributed by atoms with Gasteiger partial charge in [0, 0.05) is 19.0 Å². The molecule has 8 nitrogen and oxygen atoms in total. The highest BCUT2D eigenvalue weighted by atomic mass is 32.2. The van der Waals surface area contributed by atoms with Gasteiger partial charge in [0.2, 0.25) is 5.13 Å². The van der Waals surface area contributed by atoms with E-state index in [4.69, 9.17) is 4.74 Å². The predicted octanol–water partition coefficient (Wildman–Crippen LogP) is 4.13. The molecule has 1 amide bonds. The van der Waals surface area contributed by atoms with Gasteiger partial charge >= 0.3 is 0 Å². The van der Waals surface area contributed by atoms with Crippen molar-refractivity contribution in [3.05, 3.63) is 58.6 Å². The summed E-state index contributed by atoms with van der Waals surface area (Å²) in [6.07, 6.45) is 0.773. The molecule has 0 bridgehead atoms. The van der Waals surface area contributed by atoms with E-state index in [1.165, 1.54) is 37.6 Å². The average Bonchev–Trinajstić information content (AvgIpc) is 3.18. The number of benzene rings is 2. The highest BCUT2D eigenvalue weighted by molar-refractivity contribution is 7.92. The number of hydrogen-bond donors (Lipinski definition) is 1. The standard InChI is InChI=1S/C22H26N4O4S2/c1-14(2)12-20-24-25-22(31-20)23-21(27)17-13-16(11-10-15(17)3)32(28,29)26(4)18-8-6-7-9-19(18)30-5/h6-11,13-14H,12H2,1-5H3,(H,23,25,27). The molecule has 0 radical (unpaired) electrons. The number of amides is 1. The topological polar surface area (TPSA) is 101 Å². The van der Waals surface area contributed by atoms with Gasteiger partial charge < -0.3 is 4.74 Å². The minimum Gasteiger partial charge on any atom is -0.495 e. The number of hydrogen-bond acceptors (Lipinski definition) is 7. The Bertz CT molecular complexity index is 1220. The lowest BCUT2D eigenvalue weighted by Crippen LogP contribution is -2.27. The molecule has 1 heterocycles. The maximum atomic E-state index is 13.3. The van der Waals surface area contributed by atoms with Crippen molar-refractivity contribution in [1.29, 1.82) is 0 Å². The Morgan fingerprint density at radius 2 is 1.91 bits per heavy atom. The monoisotopic (exact) mass is 474 g/mol. The first-order valence-corrected chi connectivity index (χ1v) is 12.3. The van der Waals surface area contributed by atoms with Crippen LogP contribution < -0.4 is 14.4 Å². The van der Waals surface area contributed by atoms with Crippen molar-refractivity contribution < 1.29 is 17.9 Å². The summed E-state index contributed by atoms with van der Waals surface area (Å²) in [6, 6.07) is 11.3. The minimum atomic E-state index is -3.93. The molecule has 0 aliphatic heterocycles. The molecule has 170 valence electrons. The molecule has 3 aromatic rings. The zero-order chi connectivity index (χ0) is 23.5. The van der Waals surface area contributed by atoms with E-state index in [2.05, 4.69) is 29.4 Å². The van der Waals surface area contributed by atoms with E-state index in [0.717, 1.165) is 15.7 Å². The van der Waals surface area contributed by atoms with Gasteiger partial charge in [0.05, 0.1) is 17.7 Å². The van der Waals surface area contributed by atoms with Crippen LogP contribution in [-0.2, 0) is 16.4 Å². The lowest BCUT2D eigenvalue weighted by atomic mass is 10.1. The molecule has 3 rings (SSSR count). The van der Waals surface area contributed by atoms with E-state index in [0.29, 0.717) is 28.0 Å². The third kappa shape index (κ3) is 5.08. The second-order valence-corrected chi connectivity index (χ2v) is 10.7. The second kappa shape index (κ2) is 9.66.